The molecule has 10 heteroatoms. The van der Waals surface area contributed by atoms with E-state index < -0.39 is 0 Å². The van der Waals surface area contributed by atoms with Crippen LogP contribution in [0.25, 0.3) is 16.1 Å². The van der Waals surface area contributed by atoms with Crippen LogP contribution in [0, 0.1) is 13.5 Å². The molecule has 5 heterocycles. The van der Waals surface area contributed by atoms with Crippen molar-refractivity contribution in [1.29, 1.82) is 0 Å². The number of nitrogens with zero attached hydrogens (tertiary/aromatic N) is 5. The number of ether oxygens (including phenoxy) is 1. The highest BCUT2D eigenvalue weighted by molar-refractivity contribution is 6.31. The van der Waals surface area contributed by atoms with Crippen molar-refractivity contribution in [1.82, 2.24) is 14.0 Å². The fourth-order valence-electron chi connectivity index (χ4n) is 7.11. The molecule has 1 unspecified atom stereocenters. The van der Waals surface area contributed by atoms with E-state index in [2.05, 4.69) is 17.8 Å². The van der Waals surface area contributed by atoms with Crippen LogP contribution >= 0.6 is 11.6 Å². The zero-order chi connectivity index (χ0) is 34.6. The Kier molecular flexibility index (Phi) is 8.21. The van der Waals surface area contributed by atoms with Crippen molar-refractivity contribution >= 4 is 40.6 Å². The Balaban J connectivity index is 1.46. The highest BCUT2D eigenvalue weighted by Crippen LogP contribution is 2.40. The SMILES string of the molecule is [C-]#[N+]c1cc2c(n1C)CCCOc1cccc3c1CC(C)N(C3)C(=O)c1ccc(Cl)cc1-c1cc(c(C)n1C)C(=O)N2c1ccc(O)cc1. The van der Waals surface area contributed by atoms with Crippen LogP contribution in [0.2, 0.25) is 5.02 Å². The van der Waals surface area contributed by atoms with Crippen molar-refractivity contribution in [2.45, 2.75) is 45.7 Å². The van der Waals surface area contributed by atoms with Gasteiger partial charge in [0.15, 0.2) is 0 Å². The maximum atomic E-state index is 14.9. The second-order valence-corrected chi connectivity index (χ2v) is 13.2. The molecular formula is C39H36ClN5O4. The van der Waals surface area contributed by atoms with E-state index in [0.29, 0.717) is 82.7 Å². The second kappa shape index (κ2) is 12.5. The summed E-state index contributed by atoms with van der Waals surface area (Å²) in [4.78, 5) is 36.5. The normalized spacial score (nSPS) is 16.3. The van der Waals surface area contributed by atoms with Crippen LogP contribution in [0.3, 0.4) is 0 Å². The lowest BCUT2D eigenvalue weighted by atomic mass is 9.92. The molecule has 8 rings (SSSR count). The van der Waals surface area contributed by atoms with Crippen LogP contribution in [0.15, 0.2) is 72.8 Å². The predicted octanol–water partition coefficient (Wildman–Crippen LogP) is 8.14. The van der Waals surface area contributed by atoms with E-state index in [1.165, 1.54) is 12.1 Å². The summed E-state index contributed by atoms with van der Waals surface area (Å²) in [5.41, 5.74) is 7.00. The lowest BCUT2D eigenvalue weighted by Crippen LogP contribution is -2.43. The van der Waals surface area contributed by atoms with Crippen molar-refractivity contribution in [2.75, 3.05) is 11.5 Å². The Labute approximate surface area is 290 Å². The molecule has 2 amide bonds. The number of halogens is 1. The van der Waals surface area contributed by atoms with Crippen molar-refractivity contribution in [3.05, 3.63) is 123 Å². The number of phenols is 1. The van der Waals surface area contributed by atoms with E-state index in [4.69, 9.17) is 22.9 Å². The van der Waals surface area contributed by atoms with Gasteiger partial charge in [-0.05, 0) is 92.9 Å². The smallest absolute Gasteiger partial charge is 0.264 e. The molecule has 0 aliphatic carbocycles. The summed E-state index contributed by atoms with van der Waals surface area (Å²) in [6, 6.07) is 21.2. The van der Waals surface area contributed by atoms with Gasteiger partial charge in [0.25, 0.3) is 11.8 Å². The number of aromatic hydroxyl groups is 1. The molecule has 3 aliphatic rings. The van der Waals surface area contributed by atoms with Gasteiger partial charge in [-0.15, -0.1) is 0 Å². The number of phenolic OH excluding ortho intramolecular Hbond substituents is 1. The molecule has 0 spiro atoms. The van der Waals surface area contributed by atoms with E-state index in [9.17, 15) is 14.7 Å². The Hall–Kier alpha value is -5.46. The summed E-state index contributed by atoms with van der Waals surface area (Å²) >= 11 is 6.57. The molecule has 9 nitrogen and oxygen atoms in total. The molecule has 0 radical (unpaired) electrons. The van der Waals surface area contributed by atoms with Gasteiger partial charge in [-0.25, -0.2) is 0 Å². The van der Waals surface area contributed by atoms with Crippen LogP contribution < -0.4 is 9.64 Å². The largest absolute Gasteiger partial charge is 0.508 e. The standard InChI is InChI=1S/C39H36ClN5O4/c1-23-18-31-25-8-6-10-36(31)49-17-7-9-33-35(21-37(41-3)43(33)5)45(27-12-14-28(46)15-13-27)39(48)30-20-34(42(4)24(30)2)32-19-26(40)11-16-29(32)38(47)44(23)22-25/h6,8,10-16,19-21,23,46H,7,9,17-18,22H2,1-2,4-5H3. The summed E-state index contributed by atoms with van der Waals surface area (Å²) in [5, 5.41) is 10.6. The molecular weight excluding hydrogens is 638 g/mol. The monoisotopic (exact) mass is 673 g/mol. The van der Waals surface area contributed by atoms with Gasteiger partial charge in [-0.1, -0.05) is 30.3 Å². The molecule has 0 fully saturated rings. The average Bonchev–Trinajstić information content (AvgIpc) is 3.57. The number of anilines is 2. The molecule has 0 saturated heterocycles. The Morgan fingerprint density at radius 1 is 0.939 bits per heavy atom. The summed E-state index contributed by atoms with van der Waals surface area (Å²) in [6.07, 6.45) is 1.83. The minimum atomic E-state index is -0.314. The lowest BCUT2D eigenvalue weighted by molar-refractivity contribution is 0.0657. The number of hydrogen-bond donors (Lipinski definition) is 1. The van der Waals surface area contributed by atoms with Gasteiger partial charge in [0, 0.05) is 64.8 Å². The second-order valence-electron chi connectivity index (χ2n) is 12.8. The number of hydrogen-bond acceptors (Lipinski definition) is 4. The molecule has 3 aliphatic heterocycles. The van der Waals surface area contributed by atoms with E-state index in [0.717, 1.165) is 22.6 Å². The minimum Gasteiger partial charge on any atom is -0.508 e. The van der Waals surface area contributed by atoms with Crippen LogP contribution in [-0.2, 0) is 33.5 Å². The van der Waals surface area contributed by atoms with Gasteiger partial charge in [0.2, 0.25) is 5.82 Å². The molecule has 1 atom stereocenters. The van der Waals surface area contributed by atoms with Crippen molar-refractivity contribution < 1.29 is 19.4 Å². The first-order valence-corrected chi connectivity index (χ1v) is 16.7. The third kappa shape index (κ3) is 5.52. The van der Waals surface area contributed by atoms with Gasteiger partial charge in [-0.2, -0.15) is 0 Å². The molecule has 3 aromatic carbocycles. The average molecular weight is 674 g/mol. The number of rotatable bonds is 1. The summed E-state index contributed by atoms with van der Waals surface area (Å²) in [6.45, 7) is 12.7. The number of benzene rings is 3. The number of carbonyl (C=O) groups excluding carboxylic acids is 2. The first-order chi connectivity index (χ1) is 23.6. The molecule has 1 N–H and O–H groups in total. The van der Waals surface area contributed by atoms with Gasteiger partial charge >= 0.3 is 0 Å². The fraction of sp³-hybridized carbons (Fsp3) is 0.256. The summed E-state index contributed by atoms with van der Waals surface area (Å²) in [7, 11) is 3.71. The van der Waals surface area contributed by atoms with Crippen molar-refractivity contribution in [3.8, 4) is 22.8 Å². The Morgan fingerprint density at radius 2 is 1.71 bits per heavy atom. The molecule has 0 saturated carbocycles. The van der Waals surface area contributed by atoms with E-state index >= 15 is 0 Å². The maximum Gasteiger partial charge on any atom is 0.264 e. The quantitative estimate of drug-likeness (QED) is 0.182. The van der Waals surface area contributed by atoms with Gasteiger partial charge < -0.3 is 24.2 Å². The Morgan fingerprint density at radius 3 is 2.47 bits per heavy atom. The third-order valence-corrected chi connectivity index (χ3v) is 10.1. The van der Waals surface area contributed by atoms with Crippen molar-refractivity contribution in [3.63, 3.8) is 0 Å². The molecule has 5 aromatic rings. The highest BCUT2D eigenvalue weighted by Gasteiger charge is 2.33. The zero-order valence-corrected chi connectivity index (χ0v) is 28.6. The molecule has 2 aromatic heterocycles. The molecule has 248 valence electrons. The summed E-state index contributed by atoms with van der Waals surface area (Å²) < 4.78 is 10.1. The van der Waals surface area contributed by atoms with Crippen LogP contribution in [-0.4, -0.2) is 43.6 Å². The molecule has 6 bridgehead atoms. The fourth-order valence-corrected chi connectivity index (χ4v) is 7.28. The summed E-state index contributed by atoms with van der Waals surface area (Å²) in [5.74, 6) is 0.843. The predicted molar refractivity (Wildman–Crippen MR) is 190 cm³/mol. The van der Waals surface area contributed by atoms with E-state index in [1.807, 2.05) is 53.3 Å². The number of amides is 2. The first-order valence-electron chi connectivity index (χ1n) is 16.3. The lowest BCUT2D eigenvalue weighted by Gasteiger charge is -2.36. The first kappa shape index (κ1) is 32.1. The Bertz CT molecular complexity index is 2170. The molecule has 49 heavy (non-hydrogen) atoms. The van der Waals surface area contributed by atoms with Gasteiger partial charge in [0.05, 0.1) is 24.9 Å². The number of fused-ring (bicyclic) bond motifs is 5. The van der Waals surface area contributed by atoms with E-state index in [-0.39, 0.29) is 23.6 Å². The third-order valence-electron chi connectivity index (χ3n) is 9.91. The zero-order valence-electron chi connectivity index (χ0n) is 27.8. The van der Waals surface area contributed by atoms with Gasteiger partial charge in [0.1, 0.15) is 17.2 Å². The van der Waals surface area contributed by atoms with Crippen LogP contribution in [0.5, 0.6) is 11.5 Å². The van der Waals surface area contributed by atoms with Crippen LogP contribution in [0.1, 0.15) is 56.6 Å². The van der Waals surface area contributed by atoms with E-state index in [1.54, 1.807) is 41.3 Å². The highest BCUT2D eigenvalue weighted by atomic mass is 35.5. The van der Waals surface area contributed by atoms with Crippen molar-refractivity contribution in [2.24, 2.45) is 14.1 Å². The minimum absolute atomic E-state index is 0.0706. The number of aromatic nitrogens is 2. The maximum absolute atomic E-state index is 14.9. The number of carbonyl (C=O) groups is 2. The van der Waals surface area contributed by atoms with Crippen LogP contribution in [0.4, 0.5) is 17.2 Å². The van der Waals surface area contributed by atoms with Gasteiger partial charge in [-0.3, -0.25) is 19.1 Å². The topological polar surface area (TPSA) is 84.3 Å².